The lowest BCUT2D eigenvalue weighted by molar-refractivity contribution is 0.102. The minimum atomic E-state index is -0.201. The first-order valence-corrected chi connectivity index (χ1v) is 8.97. The molecule has 5 nitrogen and oxygen atoms in total. The third kappa shape index (κ3) is 4.91. The molecule has 0 fully saturated rings. The molecule has 0 bridgehead atoms. The van der Waals surface area contributed by atoms with E-state index in [0.717, 1.165) is 29.9 Å². The highest BCUT2D eigenvalue weighted by Gasteiger charge is 2.10. The van der Waals surface area contributed by atoms with Gasteiger partial charge in [0.25, 0.3) is 5.91 Å². The molecular formula is C22H24N4O. The molecule has 5 heteroatoms. The second-order valence-electron chi connectivity index (χ2n) is 6.70. The number of carbonyl (C=O) groups excluding carboxylic acids is 1. The minimum absolute atomic E-state index is 0.201. The van der Waals surface area contributed by atoms with Crippen molar-refractivity contribution >= 4 is 17.3 Å². The van der Waals surface area contributed by atoms with Gasteiger partial charge in [-0.25, -0.2) is 4.98 Å². The summed E-state index contributed by atoms with van der Waals surface area (Å²) in [7, 11) is 2.02. The van der Waals surface area contributed by atoms with Crippen LogP contribution in [0.5, 0.6) is 0 Å². The van der Waals surface area contributed by atoms with Crippen molar-refractivity contribution in [2.45, 2.75) is 20.3 Å². The van der Waals surface area contributed by atoms with Gasteiger partial charge in [-0.05, 0) is 61.7 Å². The lowest BCUT2D eigenvalue weighted by Gasteiger charge is -2.19. The van der Waals surface area contributed by atoms with E-state index in [4.69, 9.17) is 0 Å². The Morgan fingerprint density at radius 2 is 1.85 bits per heavy atom. The van der Waals surface area contributed by atoms with Crippen molar-refractivity contribution < 1.29 is 4.79 Å². The topological polar surface area (TPSA) is 58.1 Å². The summed E-state index contributed by atoms with van der Waals surface area (Å²) in [5.41, 5.74) is 5.65. The van der Waals surface area contributed by atoms with Gasteiger partial charge < -0.3 is 10.2 Å². The van der Waals surface area contributed by atoms with Crippen molar-refractivity contribution in [2.75, 3.05) is 23.8 Å². The van der Waals surface area contributed by atoms with Gasteiger partial charge in [0.2, 0.25) is 0 Å². The molecule has 27 heavy (non-hydrogen) atoms. The highest BCUT2D eigenvalue weighted by atomic mass is 16.1. The highest BCUT2D eigenvalue weighted by molar-refractivity contribution is 6.03. The molecule has 2 aromatic heterocycles. The maximum atomic E-state index is 12.4. The number of hydrogen-bond donors (Lipinski definition) is 1. The molecule has 138 valence electrons. The smallest absolute Gasteiger partial charge is 0.274 e. The van der Waals surface area contributed by atoms with Crippen LogP contribution in [0.25, 0.3) is 0 Å². The second kappa shape index (κ2) is 8.45. The summed E-state index contributed by atoms with van der Waals surface area (Å²) in [4.78, 5) is 22.9. The number of hydrogen-bond acceptors (Lipinski definition) is 4. The van der Waals surface area contributed by atoms with Crippen LogP contribution in [-0.2, 0) is 6.42 Å². The quantitative estimate of drug-likeness (QED) is 0.721. The Labute approximate surface area is 160 Å². The molecule has 0 aliphatic rings. The van der Waals surface area contributed by atoms with Crippen molar-refractivity contribution in [3.63, 3.8) is 0 Å². The van der Waals surface area contributed by atoms with Crippen LogP contribution in [0.3, 0.4) is 0 Å². The Morgan fingerprint density at radius 1 is 1.07 bits per heavy atom. The van der Waals surface area contributed by atoms with E-state index in [-0.39, 0.29) is 5.91 Å². The first kappa shape index (κ1) is 18.6. The van der Waals surface area contributed by atoms with E-state index in [9.17, 15) is 4.79 Å². The monoisotopic (exact) mass is 360 g/mol. The van der Waals surface area contributed by atoms with Crippen LogP contribution in [0.2, 0.25) is 0 Å². The number of benzene rings is 1. The molecule has 0 spiro atoms. The highest BCUT2D eigenvalue weighted by Crippen LogP contribution is 2.18. The number of amides is 1. The molecule has 0 saturated carbocycles. The molecule has 0 atom stereocenters. The van der Waals surface area contributed by atoms with Gasteiger partial charge in [0.05, 0.1) is 11.9 Å². The molecule has 3 rings (SSSR count). The minimum Gasteiger partial charge on any atom is -0.373 e. The number of aryl methyl sites for hydroxylation is 2. The van der Waals surface area contributed by atoms with E-state index in [1.807, 2.05) is 57.3 Å². The molecule has 0 aliphatic carbocycles. The third-order valence-electron chi connectivity index (χ3n) is 4.54. The summed E-state index contributed by atoms with van der Waals surface area (Å²) in [6, 6.07) is 13.7. The van der Waals surface area contributed by atoms with Gasteiger partial charge in [0, 0.05) is 31.7 Å². The first-order chi connectivity index (χ1) is 13.0. The van der Waals surface area contributed by atoms with E-state index in [1.54, 1.807) is 24.7 Å². The summed E-state index contributed by atoms with van der Waals surface area (Å²) < 4.78 is 0. The van der Waals surface area contributed by atoms with Crippen molar-refractivity contribution in [2.24, 2.45) is 0 Å². The van der Waals surface area contributed by atoms with Crippen molar-refractivity contribution in [1.82, 2.24) is 9.97 Å². The van der Waals surface area contributed by atoms with E-state index < -0.39 is 0 Å². The molecule has 2 heterocycles. The molecule has 1 N–H and O–H groups in total. The van der Waals surface area contributed by atoms with Crippen LogP contribution in [0.15, 0.2) is 61.1 Å². The number of anilines is 2. The van der Waals surface area contributed by atoms with Crippen molar-refractivity contribution in [3.8, 4) is 0 Å². The van der Waals surface area contributed by atoms with E-state index in [0.29, 0.717) is 5.69 Å². The van der Waals surface area contributed by atoms with Crippen molar-refractivity contribution in [1.29, 1.82) is 0 Å². The molecule has 0 saturated heterocycles. The van der Waals surface area contributed by atoms with Crippen LogP contribution >= 0.6 is 0 Å². The average Bonchev–Trinajstić information content (AvgIpc) is 2.69. The number of aromatic nitrogens is 2. The summed E-state index contributed by atoms with van der Waals surface area (Å²) in [5, 5.41) is 2.93. The zero-order valence-electron chi connectivity index (χ0n) is 15.9. The van der Waals surface area contributed by atoms with E-state index in [1.165, 1.54) is 11.1 Å². The Morgan fingerprint density at radius 3 is 2.52 bits per heavy atom. The van der Waals surface area contributed by atoms with Crippen LogP contribution in [0.4, 0.5) is 11.4 Å². The largest absolute Gasteiger partial charge is 0.373 e. The Hall–Kier alpha value is -3.21. The van der Waals surface area contributed by atoms with Gasteiger partial charge in [0.15, 0.2) is 0 Å². The van der Waals surface area contributed by atoms with Crippen LogP contribution in [0.1, 0.15) is 27.2 Å². The number of rotatable bonds is 6. The summed E-state index contributed by atoms with van der Waals surface area (Å²) in [6.07, 6.45) is 6.28. The van der Waals surface area contributed by atoms with Crippen LogP contribution in [-0.4, -0.2) is 29.5 Å². The fourth-order valence-electron chi connectivity index (χ4n) is 2.86. The predicted molar refractivity (Wildman–Crippen MR) is 109 cm³/mol. The molecule has 1 aromatic carbocycles. The number of likely N-dealkylation sites (N-methyl/N-ethyl adjacent to an activating group) is 1. The molecule has 3 aromatic rings. The zero-order valence-corrected chi connectivity index (χ0v) is 15.9. The van der Waals surface area contributed by atoms with Gasteiger partial charge in [-0.2, -0.15) is 0 Å². The van der Waals surface area contributed by atoms with Crippen molar-refractivity contribution in [3.05, 3.63) is 83.4 Å². The molecular weight excluding hydrogens is 336 g/mol. The molecule has 1 amide bonds. The fraction of sp³-hybridized carbons (Fsp3) is 0.227. The van der Waals surface area contributed by atoms with Gasteiger partial charge >= 0.3 is 0 Å². The standard InChI is InChI=1S/C22H24N4O/c1-16-4-6-20(17(2)14-16)25-22(27)21-7-5-19(15-24-21)26(3)13-10-18-8-11-23-12-9-18/h4-9,11-12,14-15H,10,13H2,1-3H3,(H,25,27). The number of pyridine rings is 2. The Kier molecular flexibility index (Phi) is 5.81. The van der Waals surface area contributed by atoms with Gasteiger partial charge in [-0.15, -0.1) is 0 Å². The SMILES string of the molecule is Cc1ccc(NC(=O)c2ccc(N(C)CCc3ccncc3)cn2)c(C)c1. The normalized spacial score (nSPS) is 10.5. The zero-order chi connectivity index (χ0) is 19.2. The molecule has 0 unspecified atom stereocenters. The summed E-state index contributed by atoms with van der Waals surface area (Å²) in [5.74, 6) is -0.201. The lowest BCUT2D eigenvalue weighted by atomic mass is 10.1. The number of carbonyl (C=O) groups is 1. The van der Waals surface area contributed by atoms with E-state index in [2.05, 4.69) is 20.2 Å². The first-order valence-electron chi connectivity index (χ1n) is 8.97. The maximum absolute atomic E-state index is 12.4. The molecule has 0 radical (unpaired) electrons. The van der Waals surface area contributed by atoms with Gasteiger partial charge in [-0.1, -0.05) is 17.7 Å². The average molecular weight is 360 g/mol. The summed E-state index contributed by atoms with van der Waals surface area (Å²) in [6.45, 7) is 4.88. The number of nitrogens with zero attached hydrogens (tertiary/aromatic N) is 3. The van der Waals surface area contributed by atoms with E-state index >= 15 is 0 Å². The molecule has 0 aliphatic heterocycles. The van der Waals surface area contributed by atoms with Crippen LogP contribution in [0, 0.1) is 13.8 Å². The third-order valence-corrected chi connectivity index (χ3v) is 4.54. The fourth-order valence-corrected chi connectivity index (χ4v) is 2.86. The number of nitrogens with one attached hydrogen (secondary N) is 1. The Balaban J connectivity index is 1.61. The lowest BCUT2D eigenvalue weighted by Crippen LogP contribution is -2.21. The van der Waals surface area contributed by atoms with Gasteiger partial charge in [0.1, 0.15) is 5.69 Å². The predicted octanol–water partition coefficient (Wildman–Crippen LogP) is 4.02. The second-order valence-corrected chi connectivity index (χ2v) is 6.70. The summed E-state index contributed by atoms with van der Waals surface area (Å²) >= 11 is 0. The van der Waals surface area contributed by atoms with Crippen LogP contribution < -0.4 is 10.2 Å². The Bertz CT molecular complexity index is 907. The van der Waals surface area contributed by atoms with Gasteiger partial charge in [-0.3, -0.25) is 9.78 Å². The maximum Gasteiger partial charge on any atom is 0.274 e.